The Morgan fingerprint density at radius 3 is 2.17 bits per heavy atom. The molecule has 1 saturated heterocycles. The van der Waals surface area contributed by atoms with E-state index in [0.29, 0.717) is 0 Å². The molecule has 0 radical (unpaired) electrons. The first-order valence-corrected chi connectivity index (χ1v) is 6.66. The molecule has 0 N–H and O–H groups in total. The second-order valence-corrected chi connectivity index (χ2v) is 5.47. The van der Waals surface area contributed by atoms with Crippen LogP contribution in [0.5, 0.6) is 0 Å². The zero-order valence-electron chi connectivity index (χ0n) is 11.4. The molecule has 9 heteroatoms. The molecule has 1 amide bonds. The summed E-state index contributed by atoms with van der Waals surface area (Å²) >= 11 is 0. The second kappa shape index (κ2) is 4.72. The summed E-state index contributed by atoms with van der Waals surface area (Å²) in [6.07, 6.45) is -7.27. The third-order valence-electron chi connectivity index (χ3n) is 4.32. The molecule has 1 fully saturated rings. The molecule has 2 bridgehead atoms. The fourth-order valence-corrected chi connectivity index (χ4v) is 3.42. The van der Waals surface area contributed by atoms with Gasteiger partial charge in [-0.2, -0.15) is 26.3 Å². The SMILES string of the molecule is O=C(c1ccncc1)N1[C@@H]2C=C[C@H](C2)C1(C(F)(F)F)C(F)(F)F. The summed E-state index contributed by atoms with van der Waals surface area (Å²) in [5, 5.41) is 0. The average molecular weight is 336 g/mol. The normalized spacial score (nSPS) is 25.9. The van der Waals surface area contributed by atoms with Crippen molar-refractivity contribution in [2.75, 3.05) is 0 Å². The lowest BCUT2D eigenvalue weighted by atomic mass is 9.83. The van der Waals surface area contributed by atoms with Crippen LogP contribution in [0.25, 0.3) is 0 Å². The first kappa shape index (κ1) is 15.8. The van der Waals surface area contributed by atoms with Gasteiger partial charge in [0.1, 0.15) is 0 Å². The van der Waals surface area contributed by atoms with Gasteiger partial charge in [-0.05, 0) is 18.6 Å². The van der Waals surface area contributed by atoms with Gasteiger partial charge in [-0.1, -0.05) is 12.2 Å². The summed E-state index contributed by atoms with van der Waals surface area (Å²) in [4.78, 5) is 16.0. The fourth-order valence-electron chi connectivity index (χ4n) is 3.42. The van der Waals surface area contributed by atoms with Crippen molar-refractivity contribution in [1.29, 1.82) is 0 Å². The van der Waals surface area contributed by atoms with Crippen LogP contribution in [0.2, 0.25) is 0 Å². The van der Waals surface area contributed by atoms with E-state index in [4.69, 9.17) is 0 Å². The lowest BCUT2D eigenvalue weighted by molar-refractivity contribution is -0.336. The highest BCUT2D eigenvalue weighted by atomic mass is 19.4. The number of likely N-dealkylation sites (tertiary alicyclic amines) is 1. The van der Waals surface area contributed by atoms with Gasteiger partial charge in [-0.3, -0.25) is 9.78 Å². The van der Waals surface area contributed by atoms with Crippen LogP contribution in [0.3, 0.4) is 0 Å². The summed E-state index contributed by atoms with van der Waals surface area (Å²) in [6, 6.07) is 0.953. The largest absolute Gasteiger partial charge is 0.421 e. The number of alkyl halides is 6. The van der Waals surface area contributed by atoms with Crippen LogP contribution in [-0.2, 0) is 0 Å². The molecule has 1 aromatic heterocycles. The number of carbonyl (C=O) groups excluding carboxylic acids is 1. The van der Waals surface area contributed by atoms with E-state index in [1.165, 1.54) is 6.08 Å². The maximum absolute atomic E-state index is 13.5. The minimum atomic E-state index is -5.64. The van der Waals surface area contributed by atoms with Crippen LogP contribution >= 0.6 is 0 Å². The first-order chi connectivity index (χ1) is 10.6. The number of nitrogens with zero attached hydrogens (tertiary/aromatic N) is 2. The highest BCUT2D eigenvalue weighted by Gasteiger charge is 2.81. The summed E-state index contributed by atoms with van der Waals surface area (Å²) in [5.41, 5.74) is -4.46. The first-order valence-electron chi connectivity index (χ1n) is 6.66. The molecule has 0 unspecified atom stereocenters. The van der Waals surface area contributed by atoms with Gasteiger partial charge in [0.25, 0.3) is 5.91 Å². The van der Waals surface area contributed by atoms with Crippen LogP contribution in [0.15, 0.2) is 36.7 Å². The summed E-state index contributed by atoms with van der Waals surface area (Å²) in [6.45, 7) is 0. The molecule has 0 aromatic carbocycles. The van der Waals surface area contributed by atoms with Crippen molar-refractivity contribution in [1.82, 2.24) is 9.88 Å². The molecule has 2 atom stereocenters. The monoisotopic (exact) mass is 336 g/mol. The third-order valence-corrected chi connectivity index (χ3v) is 4.32. The molecular formula is C14H10F6N2O. The molecule has 1 aliphatic heterocycles. The van der Waals surface area contributed by atoms with Gasteiger partial charge < -0.3 is 4.90 Å². The van der Waals surface area contributed by atoms with Crippen LogP contribution in [0.4, 0.5) is 26.3 Å². The van der Waals surface area contributed by atoms with Crippen molar-refractivity contribution in [3.05, 3.63) is 42.2 Å². The van der Waals surface area contributed by atoms with Gasteiger partial charge in [0, 0.05) is 23.9 Å². The summed E-state index contributed by atoms with van der Waals surface area (Å²) in [7, 11) is 0. The Balaban J connectivity index is 2.18. The number of carbonyl (C=O) groups is 1. The molecule has 0 saturated carbocycles. The molecule has 3 rings (SSSR count). The van der Waals surface area contributed by atoms with Gasteiger partial charge >= 0.3 is 12.4 Å². The standard InChI is InChI=1S/C14H10F6N2O/c15-13(16,17)12(14(18,19)20)9-1-2-10(7-9)22(12)11(23)8-3-5-21-6-4-8/h1-6,9-10H,7H2/t9-,10-/m1/s1. The van der Waals surface area contributed by atoms with Crippen LogP contribution in [0, 0.1) is 5.92 Å². The van der Waals surface area contributed by atoms with Gasteiger partial charge in [0.2, 0.25) is 5.54 Å². The van der Waals surface area contributed by atoms with Crippen molar-refractivity contribution >= 4 is 5.91 Å². The molecule has 0 spiro atoms. The molecule has 23 heavy (non-hydrogen) atoms. The van der Waals surface area contributed by atoms with E-state index >= 15 is 0 Å². The van der Waals surface area contributed by atoms with E-state index in [2.05, 4.69) is 4.98 Å². The zero-order chi connectivity index (χ0) is 17.0. The summed E-state index contributed by atoms with van der Waals surface area (Å²) < 4.78 is 81.2. The molecule has 124 valence electrons. The Labute approximate surface area is 126 Å². The van der Waals surface area contributed by atoms with Crippen LogP contribution in [-0.4, -0.2) is 39.7 Å². The molecular weight excluding hydrogens is 326 g/mol. The molecule has 2 aliphatic rings. The predicted octanol–water partition coefficient (Wildman–Crippen LogP) is 3.35. The van der Waals surface area contributed by atoms with Crippen LogP contribution < -0.4 is 0 Å². The summed E-state index contributed by atoms with van der Waals surface area (Å²) in [5.74, 6) is -3.14. The number of rotatable bonds is 1. The second-order valence-electron chi connectivity index (χ2n) is 5.47. The lowest BCUT2D eigenvalue weighted by Crippen LogP contribution is -2.70. The lowest BCUT2D eigenvalue weighted by Gasteiger charge is -2.46. The Morgan fingerprint density at radius 2 is 1.65 bits per heavy atom. The molecule has 2 heterocycles. The predicted molar refractivity (Wildman–Crippen MR) is 66.3 cm³/mol. The Kier molecular flexibility index (Phi) is 3.24. The maximum Gasteiger partial charge on any atom is 0.421 e. The Bertz CT molecular complexity index is 637. The molecule has 1 aliphatic carbocycles. The van der Waals surface area contributed by atoms with Gasteiger partial charge in [-0.15, -0.1) is 0 Å². The van der Waals surface area contributed by atoms with Crippen molar-refractivity contribution in [3.8, 4) is 0 Å². The van der Waals surface area contributed by atoms with E-state index in [9.17, 15) is 31.1 Å². The van der Waals surface area contributed by atoms with Crippen LogP contribution in [0.1, 0.15) is 16.8 Å². The molecule has 1 aromatic rings. The minimum Gasteiger partial charge on any atom is -0.309 e. The van der Waals surface area contributed by atoms with Gasteiger partial charge in [-0.25, -0.2) is 0 Å². The van der Waals surface area contributed by atoms with E-state index in [1.54, 1.807) is 0 Å². The smallest absolute Gasteiger partial charge is 0.309 e. The number of hydrogen-bond acceptors (Lipinski definition) is 2. The maximum atomic E-state index is 13.5. The van der Waals surface area contributed by atoms with Crippen molar-refractivity contribution in [3.63, 3.8) is 0 Å². The number of amides is 1. The van der Waals surface area contributed by atoms with Crippen molar-refractivity contribution in [2.24, 2.45) is 5.92 Å². The van der Waals surface area contributed by atoms with E-state index in [1.807, 2.05) is 0 Å². The molecule has 3 nitrogen and oxygen atoms in total. The Hall–Kier alpha value is -2.06. The van der Waals surface area contributed by atoms with E-state index < -0.39 is 42.2 Å². The van der Waals surface area contributed by atoms with E-state index in [0.717, 1.165) is 30.6 Å². The third kappa shape index (κ3) is 1.98. The fraction of sp³-hybridized carbons (Fsp3) is 0.429. The number of fused-ring (bicyclic) bond motifs is 2. The topological polar surface area (TPSA) is 33.2 Å². The minimum absolute atomic E-state index is 0.0625. The van der Waals surface area contributed by atoms with Gasteiger partial charge in [0.15, 0.2) is 0 Å². The quantitative estimate of drug-likeness (QED) is 0.582. The van der Waals surface area contributed by atoms with Gasteiger partial charge in [0.05, 0.1) is 6.04 Å². The van der Waals surface area contributed by atoms with E-state index in [-0.39, 0.29) is 10.5 Å². The highest BCUT2D eigenvalue weighted by Crippen LogP contribution is 2.60. The number of halogens is 6. The Morgan fingerprint density at radius 1 is 1.09 bits per heavy atom. The number of pyridine rings is 1. The number of hydrogen-bond donors (Lipinski definition) is 0. The highest BCUT2D eigenvalue weighted by molar-refractivity contribution is 5.95. The zero-order valence-corrected chi connectivity index (χ0v) is 11.4. The van der Waals surface area contributed by atoms with Crippen molar-refractivity contribution < 1.29 is 31.1 Å². The number of aromatic nitrogens is 1. The average Bonchev–Trinajstić information content (AvgIpc) is 3.04. The van der Waals surface area contributed by atoms with Crippen molar-refractivity contribution in [2.45, 2.75) is 30.4 Å².